The summed E-state index contributed by atoms with van der Waals surface area (Å²) >= 11 is 0. The van der Waals surface area contributed by atoms with Gasteiger partial charge >= 0.3 is 0 Å². The van der Waals surface area contributed by atoms with Crippen LogP contribution in [0.25, 0.3) is 11.4 Å². The number of aromatic nitrogens is 3. The molecule has 0 saturated heterocycles. The van der Waals surface area contributed by atoms with Crippen LogP contribution in [-0.4, -0.2) is 41.3 Å². The molecule has 0 saturated carbocycles. The van der Waals surface area contributed by atoms with Gasteiger partial charge in [-0.15, -0.1) is 24.0 Å². The molecule has 160 valence electrons. The lowest BCUT2D eigenvalue weighted by Crippen LogP contribution is -2.42. The first-order valence-electron chi connectivity index (χ1n) is 9.74. The van der Waals surface area contributed by atoms with Gasteiger partial charge in [0.15, 0.2) is 11.8 Å². The van der Waals surface area contributed by atoms with Gasteiger partial charge in [0, 0.05) is 18.7 Å². The summed E-state index contributed by atoms with van der Waals surface area (Å²) in [5.74, 6) is 2.95. The van der Waals surface area contributed by atoms with Crippen LogP contribution in [0.4, 0.5) is 0 Å². The number of benzene rings is 2. The Kier molecular flexibility index (Phi) is 9.59. The van der Waals surface area contributed by atoms with E-state index in [1.54, 1.807) is 14.2 Å². The first-order chi connectivity index (χ1) is 14.2. The van der Waals surface area contributed by atoms with Gasteiger partial charge in [0.05, 0.1) is 13.7 Å². The minimum atomic E-state index is 0. The number of hydrogen-bond donors (Lipinski definition) is 3. The van der Waals surface area contributed by atoms with Crippen molar-refractivity contribution in [3.8, 4) is 17.1 Å². The van der Waals surface area contributed by atoms with Crippen molar-refractivity contribution < 1.29 is 4.74 Å². The Bertz CT molecular complexity index is 911. The Morgan fingerprint density at radius 3 is 2.53 bits per heavy atom. The van der Waals surface area contributed by atoms with E-state index in [0.717, 1.165) is 35.9 Å². The summed E-state index contributed by atoms with van der Waals surface area (Å²) in [4.78, 5) is 8.85. The van der Waals surface area contributed by atoms with Crippen LogP contribution in [0.3, 0.4) is 0 Å². The van der Waals surface area contributed by atoms with Crippen molar-refractivity contribution in [1.82, 2.24) is 25.8 Å². The number of nitrogens with one attached hydrogen (secondary N) is 3. The molecule has 0 amide bonds. The molecule has 0 aliphatic carbocycles. The number of H-pyrrole nitrogens is 1. The molecule has 2 aromatic carbocycles. The van der Waals surface area contributed by atoms with E-state index in [9.17, 15) is 0 Å². The van der Waals surface area contributed by atoms with Crippen molar-refractivity contribution in [3.63, 3.8) is 0 Å². The second-order valence-electron chi connectivity index (χ2n) is 6.83. The Labute approximate surface area is 194 Å². The maximum Gasteiger partial charge on any atom is 0.191 e. The molecule has 0 fully saturated rings. The summed E-state index contributed by atoms with van der Waals surface area (Å²) in [7, 11) is 3.41. The fourth-order valence-electron chi connectivity index (χ4n) is 2.94. The molecule has 3 aromatic rings. The van der Waals surface area contributed by atoms with Crippen molar-refractivity contribution in [1.29, 1.82) is 0 Å². The van der Waals surface area contributed by atoms with Gasteiger partial charge in [0.1, 0.15) is 11.6 Å². The summed E-state index contributed by atoms with van der Waals surface area (Å²) in [6.45, 7) is 2.67. The smallest absolute Gasteiger partial charge is 0.191 e. The number of aliphatic imine (C=N–C) groups is 1. The van der Waals surface area contributed by atoms with Crippen LogP contribution in [0.1, 0.15) is 24.7 Å². The van der Waals surface area contributed by atoms with Gasteiger partial charge in [-0.1, -0.05) is 30.3 Å². The maximum atomic E-state index is 5.18. The summed E-state index contributed by atoms with van der Waals surface area (Å²) < 4.78 is 5.18. The van der Waals surface area contributed by atoms with Gasteiger partial charge in [-0.25, -0.2) is 4.98 Å². The van der Waals surface area contributed by atoms with Crippen LogP contribution < -0.4 is 15.4 Å². The zero-order valence-electron chi connectivity index (χ0n) is 17.6. The molecule has 1 aromatic heterocycles. The molecular weight excluding hydrogens is 491 g/mol. The van der Waals surface area contributed by atoms with Crippen molar-refractivity contribution in [3.05, 3.63) is 66.0 Å². The lowest BCUT2D eigenvalue weighted by atomic mass is 10.1. The van der Waals surface area contributed by atoms with Crippen molar-refractivity contribution in [2.75, 3.05) is 14.2 Å². The molecule has 1 atom stereocenters. The molecule has 1 heterocycles. The fourth-order valence-corrected chi connectivity index (χ4v) is 2.94. The molecule has 8 heteroatoms. The second-order valence-corrected chi connectivity index (χ2v) is 6.83. The minimum Gasteiger partial charge on any atom is -0.497 e. The highest BCUT2D eigenvalue weighted by molar-refractivity contribution is 14.0. The molecule has 0 aliphatic heterocycles. The first-order valence-corrected chi connectivity index (χ1v) is 9.74. The van der Waals surface area contributed by atoms with Gasteiger partial charge in [0.2, 0.25) is 0 Å². The van der Waals surface area contributed by atoms with Crippen LogP contribution in [0.5, 0.6) is 5.75 Å². The monoisotopic (exact) mass is 520 g/mol. The molecule has 3 rings (SSSR count). The SMILES string of the molecule is CN=C(NCc1nc(-c2ccc(OC)cc2)n[nH]1)NC(C)CCc1ccccc1.I. The van der Waals surface area contributed by atoms with Gasteiger partial charge in [-0.2, -0.15) is 5.10 Å². The van der Waals surface area contributed by atoms with Crippen molar-refractivity contribution >= 4 is 29.9 Å². The van der Waals surface area contributed by atoms with Crippen molar-refractivity contribution in [2.24, 2.45) is 4.99 Å². The zero-order valence-corrected chi connectivity index (χ0v) is 19.9. The van der Waals surface area contributed by atoms with Crippen molar-refractivity contribution in [2.45, 2.75) is 32.4 Å². The molecule has 0 radical (unpaired) electrons. The Balaban J connectivity index is 0.00000320. The lowest BCUT2D eigenvalue weighted by Gasteiger charge is -2.17. The average Bonchev–Trinajstić information content (AvgIpc) is 3.25. The van der Waals surface area contributed by atoms with Crippen LogP contribution in [0, 0.1) is 0 Å². The number of rotatable bonds is 8. The van der Waals surface area contributed by atoms with E-state index in [0.29, 0.717) is 18.4 Å². The van der Waals surface area contributed by atoms with Crippen LogP contribution in [-0.2, 0) is 13.0 Å². The molecule has 1 unspecified atom stereocenters. The molecule has 30 heavy (non-hydrogen) atoms. The number of ether oxygens (including phenoxy) is 1. The van der Waals surface area contributed by atoms with Gasteiger partial charge in [0.25, 0.3) is 0 Å². The van der Waals surface area contributed by atoms with E-state index in [2.05, 4.69) is 62.0 Å². The number of aromatic amines is 1. The van der Waals surface area contributed by atoms with Gasteiger partial charge in [-0.05, 0) is 49.6 Å². The number of aryl methyl sites for hydroxylation is 1. The number of guanidine groups is 1. The maximum absolute atomic E-state index is 5.18. The number of hydrogen-bond acceptors (Lipinski definition) is 4. The quantitative estimate of drug-likeness (QED) is 0.239. The van der Waals surface area contributed by atoms with Gasteiger partial charge in [-0.3, -0.25) is 10.1 Å². The average molecular weight is 520 g/mol. The third-order valence-electron chi connectivity index (χ3n) is 4.62. The van der Waals surface area contributed by atoms with E-state index in [1.165, 1.54) is 5.56 Å². The molecule has 0 aliphatic rings. The zero-order chi connectivity index (χ0) is 20.5. The molecule has 0 spiro atoms. The van der Waals surface area contributed by atoms with Gasteiger partial charge < -0.3 is 15.4 Å². The van der Waals surface area contributed by atoms with E-state index >= 15 is 0 Å². The normalized spacial score (nSPS) is 12.0. The minimum absolute atomic E-state index is 0. The fraction of sp³-hybridized carbons (Fsp3) is 0.318. The predicted molar refractivity (Wildman–Crippen MR) is 131 cm³/mol. The summed E-state index contributed by atoms with van der Waals surface area (Å²) in [5.41, 5.74) is 2.28. The third kappa shape index (κ3) is 7.01. The first kappa shape index (κ1) is 23.7. The lowest BCUT2D eigenvalue weighted by molar-refractivity contribution is 0.415. The number of methoxy groups -OCH3 is 1. The number of nitrogens with zero attached hydrogens (tertiary/aromatic N) is 3. The predicted octanol–water partition coefficient (Wildman–Crippen LogP) is 3.78. The molecular formula is C22H29IN6O. The number of halogens is 1. The Morgan fingerprint density at radius 2 is 1.87 bits per heavy atom. The summed E-state index contributed by atoms with van der Waals surface area (Å²) in [5, 5.41) is 14.0. The Hall–Kier alpha value is -2.62. The van der Waals surface area contributed by atoms with E-state index in [4.69, 9.17) is 4.74 Å². The highest BCUT2D eigenvalue weighted by atomic mass is 127. The highest BCUT2D eigenvalue weighted by Crippen LogP contribution is 2.18. The second kappa shape index (κ2) is 12.2. The van der Waals surface area contributed by atoms with E-state index < -0.39 is 0 Å². The molecule has 3 N–H and O–H groups in total. The molecule has 7 nitrogen and oxygen atoms in total. The van der Waals surface area contributed by atoms with Crippen LogP contribution >= 0.6 is 24.0 Å². The molecule has 0 bridgehead atoms. The van der Waals surface area contributed by atoms with Crippen LogP contribution in [0.2, 0.25) is 0 Å². The summed E-state index contributed by atoms with van der Waals surface area (Å²) in [6.07, 6.45) is 2.05. The van der Waals surface area contributed by atoms with Crippen LogP contribution in [0.15, 0.2) is 59.6 Å². The third-order valence-corrected chi connectivity index (χ3v) is 4.62. The Morgan fingerprint density at radius 1 is 1.13 bits per heavy atom. The standard InChI is InChI=1S/C22H28N6O.HI/c1-16(9-10-17-7-5-4-6-8-17)25-22(23-2)24-15-20-26-21(28-27-20)18-11-13-19(29-3)14-12-18;/h4-8,11-14,16H,9-10,15H2,1-3H3,(H2,23,24,25)(H,26,27,28);1H. The topological polar surface area (TPSA) is 87.2 Å². The van der Waals surface area contributed by atoms with E-state index in [1.807, 2.05) is 30.3 Å². The summed E-state index contributed by atoms with van der Waals surface area (Å²) in [6, 6.07) is 18.5. The largest absolute Gasteiger partial charge is 0.497 e. The highest BCUT2D eigenvalue weighted by Gasteiger charge is 2.09. The van der Waals surface area contributed by atoms with E-state index in [-0.39, 0.29) is 24.0 Å².